The maximum absolute atomic E-state index is 12.6. The minimum atomic E-state index is -0.447. The van der Waals surface area contributed by atoms with Crippen molar-refractivity contribution in [3.8, 4) is 0 Å². The average Bonchev–Trinajstić information content (AvgIpc) is 3.02. The van der Waals surface area contributed by atoms with E-state index in [-0.39, 0.29) is 24.5 Å². The van der Waals surface area contributed by atoms with Crippen molar-refractivity contribution in [3.05, 3.63) is 34.3 Å². The monoisotopic (exact) mass is 368 g/mol. The molecular weight excluding hydrogens is 348 g/mol. The number of aliphatic hydroxyl groups is 1. The maximum atomic E-state index is 12.6. The molecule has 1 heterocycles. The van der Waals surface area contributed by atoms with Crippen molar-refractivity contribution >= 4 is 27.7 Å². The van der Waals surface area contributed by atoms with E-state index in [1.54, 1.807) is 17.0 Å². The Morgan fingerprint density at radius 3 is 2.68 bits per heavy atom. The summed E-state index contributed by atoms with van der Waals surface area (Å²) in [6.45, 7) is 2.40. The van der Waals surface area contributed by atoms with Crippen LogP contribution in [0, 0.1) is 0 Å². The molecule has 0 aliphatic carbocycles. The molecule has 1 aromatic rings. The van der Waals surface area contributed by atoms with Gasteiger partial charge in [-0.25, -0.2) is 0 Å². The van der Waals surface area contributed by atoms with Gasteiger partial charge in [-0.15, -0.1) is 0 Å². The first-order valence-electron chi connectivity index (χ1n) is 7.54. The van der Waals surface area contributed by atoms with Crippen molar-refractivity contribution in [2.24, 2.45) is 0 Å². The molecule has 2 N–H and O–H groups in total. The van der Waals surface area contributed by atoms with Crippen LogP contribution in [0.1, 0.15) is 36.5 Å². The number of rotatable bonds is 5. The Hall–Kier alpha value is -1.40. The lowest BCUT2D eigenvalue weighted by Gasteiger charge is -2.26. The summed E-state index contributed by atoms with van der Waals surface area (Å²) in [6, 6.07) is 6.44. The quantitative estimate of drug-likeness (QED) is 0.834. The first-order valence-corrected chi connectivity index (χ1v) is 8.34. The van der Waals surface area contributed by atoms with Gasteiger partial charge >= 0.3 is 0 Å². The zero-order chi connectivity index (χ0) is 16.1. The molecule has 1 aliphatic rings. The zero-order valence-corrected chi connectivity index (χ0v) is 14.2. The van der Waals surface area contributed by atoms with Gasteiger partial charge in [0.25, 0.3) is 5.91 Å². The van der Waals surface area contributed by atoms with Gasteiger partial charge in [0.05, 0.1) is 12.6 Å². The lowest BCUT2D eigenvalue weighted by atomic mass is 10.1. The van der Waals surface area contributed by atoms with Crippen LogP contribution in [0.25, 0.3) is 0 Å². The molecule has 5 nitrogen and oxygen atoms in total. The Morgan fingerprint density at radius 2 is 2.09 bits per heavy atom. The Morgan fingerprint density at radius 1 is 1.41 bits per heavy atom. The smallest absolute Gasteiger partial charge is 0.254 e. The number of likely N-dealkylation sites (tertiary alicyclic amines) is 1. The van der Waals surface area contributed by atoms with Crippen LogP contribution in [0.4, 0.5) is 0 Å². The molecule has 2 atom stereocenters. The first kappa shape index (κ1) is 17.0. The predicted octanol–water partition coefficient (Wildman–Crippen LogP) is 1.94. The highest BCUT2D eigenvalue weighted by molar-refractivity contribution is 9.10. The van der Waals surface area contributed by atoms with Crippen LogP contribution in [0.2, 0.25) is 0 Å². The standard InChI is InChI=1S/C16H21BrN2O3/c1-2-13(10-20)18-15(21)14-4-3-9-19(14)16(22)11-5-7-12(17)8-6-11/h5-8,13-14,20H,2-4,9-10H2,1H3,(H,18,21)/t13-,14-/m0/s1. The van der Waals surface area contributed by atoms with Crippen LogP contribution in [0.3, 0.4) is 0 Å². The summed E-state index contributed by atoms with van der Waals surface area (Å²) in [5.41, 5.74) is 0.581. The van der Waals surface area contributed by atoms with E-state index in [4.69, 9.17) is 0 Å². The molecule has 0 unspecified atom stereocenters. The number of nitrogens with one attached hydrogen (secondary N) is 1. The third-order valence-corrected chi connectivity index (χ3v) is 4.50. The molecule has 0 spiro atoms. The number of carbonyl (C=O) groups excluding carboxylic acids is 2. The Labute approximate surface area is 138 Å². The summed E-state index contributed by atoms with van der Waals surface area (Å²) in [4.78, 5) is 26.6. The molecule has 6 heteroatoms. The zero-order valence-electron chi connectivity index (χ0n) is 12.6. The molecule has 1 aromatic carbocycles. The van der Waals surface area contributed by atoms with Crippen LogP contribution < -0.4 is 5.32 Å². The van der Waals surface area contributed by atoms with Crippen molar-refractivity contribution < 1.29 is 14.7 Å². The van der Waals surface area contributed by atoms with E-state index < -0.39 is 6.04 Å². The number of benzene rings is 1. The lowest BCUT2D eigenvalue weighted by Crippen LogP contribution is -2.49. The second-order valence-corrected chi connectivity index (χ2v) is 6.38. The molecule has 2 rings (SSSR count). The summed E-state index contributed by atoms with van der Waals surface area (Å²) in [6.07, 6.45) is 2.14. The van der Waals surface area contributed by atoms with Crippen molar-refractivity contribution in [2.75, 3.05) is 13.2 Å². The van der Waals surface area contributed by atoms with Crippen LogP contribution in [0.5, 0.6) is 0 Å². The highest BCUT2D eigenvalue weighted by Crippen LogP contribution is 2.21. The fraction of sp³-hybridized carbons (Fsp3) is 0.500. The molecule has 120 valence electrons. The largest absolute Gasteiger partial charge is 0.394 e. The van der Waals surface area contributed by atoms with E-state index in [1.165, 1.54) is 0 Å². The number of hydrogen-bond acceptors (Lipinski definition) is 3. The third-order valence-electron chi connectivity index (χ3n) is 3.97. The van der Waals surface area contributed by atoms with Crippen molar-refractivity contribution in [3.63, 3.8) is 0 Å². The molecule has 0 aromatic heterocycles. The van der Waals surface area contributed by atoms with E-state index in [0.29, 0.717) is 24.9 Å². The predicted molar refractivity (Wildman–Crippen MR) is 87.5 cm³/mol. The molecule has 0 saturated carbocycles. The molecule has 1 saturated heterocycles. The van der Waals surface area contributed by atoms with Gasteiger partial charge in [-0.1, -0.05) is 22.9 Å². The maximum Gasteiger partial charge on any atom is 0.254 e. The molecule has 22 heavy (non-hydrogen) atoms. The van der Waals surface area contributed by atoms with Crippen LogP contribution in [-0.2, 0) is 4.79 Å². The number of aliphatic hydroxyl groups excluding tert-OH is 1. The van der Waals surface area contributed by atoms with Crippen LogP contribution >= 0.6 is 15.9 Å². The highest BCUT2D eigenvalue weighted by Gasteiger charge is 2.35. The van der Waals surface area contributed by atoms with Gasteiger partial charge in [-0.05, 0) is 43.5 Å². The van der Waals surface area contributed by atoms with Gasteiger partial charge in [0.2, 0.25) is 5.91 Å². The van der Waals surface area contributed by atoms with Crippen molar-refractivity contribution in [2.45, 2.75) is 38.3 Å². The van der Waals surface area contributed by atoms with Gasteiger partial charge in [0.1, 0.15) is 6.04 Å². The fourth-order valence-electron chi connectivity index (χ4n) is 2.61. The Bertz CT molecular complexity index is 529. The molecule has 2 amide bonds. The van der Waals surface area contributed by atoms with Crippen molar-refractivity contribution in [1.82, 2.24) is 10.2 Å². The van der Waals surface area contributed by atoms with Gasteiger partial charge < -0.3 is 15.3 Å². The number of nitrogens with zero attached hydrogens (tertiary/aromatic N) is 1. The molecular formula is C16H21BrN2O3. The highest BCUT2D eigenvalue weighted by atomic mass is 79.9. The van der Waals surface area contributed by atoms with E-state index >= 15 is 0 Å². The summed E-state index contributed by atoms with van der Waals surface area (Å²) < 4.78 is 0.911. The van der Waals surface area contributed by atoms with Gasteiger partial charge in [0.15, 0.2) is 0 Å². The van der Waals surface area contributed by atoms with E-state index in [9.17, 15) is 14.7 Å². The van der Waals surface area contributed by atoms with Gasteiger partial charge in [-0.3, -0.25) is 9.59 Å². The molecule has 1 aliphatic heterocycles. The lowest BCUT2D eigenvalue weighted by molar-refractivity contribution is -0.125. The molecule has 1 fully saturated rings. The summed E-state index contributed by atoms with van der Waals surface area (Å²) in [5.74, 6) is -0.300. The molecule has 0 radical (unpaired) electrons. The second-order valence-electron chi connectivity index (χ2n) is 5.46. The van der Waals surface area contributed by atoms with Gasteiger partial charge in [0, 0.05) is 16.6 Å². The van der Waals surface area contributed by atoms with E-state index in [0.717, 1.165) is 10.9 Å². The SMILES string of the molecule is CC[C@@H](CO)NC(=O)[C@@H]1CCCN1C(=O)c1ccc(Br)cc1. The fourth-order valence-corrected chi connectivity index (χ4v) is 2.88. The topological polar surface area (TPSA) is 69.6 Å². The summed E-state index contributed by atoms with van der Waals surface area (Å²) in [5, 5.41) is 12.0. The number of halogens is 1. The van der Waals surface area contributed by atoms with E-state index in [1.807, 2.05) is 19.1 Å². The summed E-state index contributed by atoms with van der Waals surface area (Å²) >= 11 is 3.34. The first-order chi connectivity index (χ1) is 10.6. The normalized spacial score (nSPS) is 19.0. The van der Waals surface area contributed by atoms with Crippen molar-refractivity contribution in [1.29, 1.82) is 0 Å². The number of hydrogen-bond donors (Lipinski definition) is 2. The minimum absolute atomic E-state index is 0.0877. The van der Waals surface area contributed by atoms with Crippen LogP contribution in [0.15, 0.2) is 28.7 Å². The van der Waals surface area contributed by atoms with E-state index in [2.05, 4.69) is 21.2 Å². The third kappa shape index (κ3) is 3.87. The molecule has 0 bridgehead atoms. The number of amides is 2. The average molecular weight is 369 g/mol. The summed E-state index contributed by atoms with van der Waals surface area (Å²) in [7, 11) is 0. The van der Waals surface area contributed by atoms with Gasteiger partial charge in [-0.2, -0.15) is 0 Å². The number of carbonyl (C=O) groups is 2. The second kappa shape index (κ2) is 7.74. The van der Waals surface area contributed by atoms with Crippen LogP contribution in [-0.4, -0.2) is 47.1 Å². The minimum Gasteiger partial charge on any atom is -0.394 e. The Balaban J connectivity index is 2.08. The Kier molecular flexibility index (Phi) is 5.97.